The molecule has 5 heterocycles. The predicted molar refractivity (Wildman–Crippen MR) is 67.5 cm³/mol. The maximum Gasteiger partial charge on any atom is 0.336 e. The van der Waals surface area contributed by atoms with Crippen LogP contribution in [0.5, 0.6) is 0 Å². The van der Waals surface area contributed by atoms with E-state index in [9.17, 15) is 0 Å². The maximum absolute atomic E-state index is 5.84. The van der Waals surface area contributed by atoms with Gasteiger partial charge in [-0.15, -0.1) is 0 Å². The summed E-state index contributed by atoms with van der Waals surface area (Å²) in [5, 5.41) is 0. The number of nitrogens with zero attached hydrogens (tertiary/aromatic N) is 4. The van der Waals surface area contributed by atoms with E-state index in [1.807, 2.05) is 30.7 Å². The van der Waals surface area contributed by atoms with E-state index in [0.29, 0.717) is 0 Å². The molecule has 1 aliphatic rings. The minimum atomic E-state index is 0.828. The van der Waals surface area contributed by atoms with Crippen molar-refractivity contribution in [2.75, 3.05) is 0 Å². The standard InChI is InChI=1S/C14H9N4O/c1-2-9-7-17-8-12-18(14(17)13(9)16-4-1)10-6-15-5-3-11(10)19-12/h1-6,8H,7H2/q+1. The third-order valence-electron chi connectivity index (χ3n) is 3.63. The van der Waals surface area contributed by atoms with Gasteiger partial charge in [0.25, 0.3) is 0 Å². The van der Waals surface area contributed by atoms with Crippen molar-refractivity contribution in [1.29, 1.82) is 0 Å². The second kappa shape index (κ2) is 3.00. The van der Waals surface area contributed by atoms with Crippen molar-refractivity contribution in [1.82, 2.24) is 14.4 Å². The molecule has 0 spiro atoms. The number of oxazole rings is 1. The summed E-state index contributed by atoms with van der Waals surface area (Å²) in [6, 6.07) is 5.97. The SMILES string of the molecule is c1cnc2c(c1)C[n+]1cc3oc4ccncc4n3c1-2. The first kappa shape index (κ1) is 9.27. The van der Waals surface area contributed by atoms with Crippen LogP contribution >= 0.6 is 0 Å². The number of aromatic nitrogens is 4. The first-order valence-corrected chi connectivity index (χ1v) is 6.13. The van der Waals surface area contributed by atoms with Crippen molar-refractivity contribution in [3.63, 3.8) is 0 Å². The summed E-state index contributed by atoms with van der Waals surface area (Å²) in [7, 11) is 0. The molecule has 0 N–H and O–H groups in total. The van der Waals surface area contributed by atoms with E-state index in [-0.39, 0.29) is 0 Å². The Kier molecular flexibility index (Phi) is 1.46. The molecule has 0 aliphatic carbocycles. The first-order valence-electron chi connectivity index (χ1n) is 6.13. The van der Waals surface area contributed by atoms with Crippen LogP contribution in [0, 0.1) is 0 Å². The lowest BCUT2D eigenvalue weighted by molar-refractivity contribution is -0.670. The number of fused-ring (bicyclic) bond motifs is 7. The lowest BCUT2D eigenvalue weighted by atomic mass is 10.2. The molecule has 5 rings (SSSR count). The van der Waals surface area contributed by atoms with Crippen LogP contribution in [0.3, 0.4) is 0 Å². The summed E-state index contributed by atoms with van der Waals surface area (Å²) in [6.45, 7) is 0.845. The summed E-state index contributed by atoms with van der Waals surface area (Å²) in [5.74, 6) is 1.07. The molecule has 0 unspecified atom stereocenters. The lowest BCUT2D eigenvalue weighted by Crippen LogP contribution is -2.29. The molecule has 90 valence electrons. The van der Waals surface area contributed by atoms with E-state index >= 15 is 0 Å². The zero-order valence-corrected chi connectivity index (χ0v) is 9.95. The number of pyridine rings is 2. The summed E-state index contributed by atoms with van der Waals surface area (Å²) < 4.78 is 10.1. The van der Waals surface area contributed by atoms with Crippen LogP contribution in [-0.4, -0.2) is 14.4 Å². The summed E-state index contributed by atoms with van der Waals surface area (Å²) >= 11 is 0. The topological polar surface area (TPSA) is 47.2 Å². The third kappa shape index (κ3) is 1.03. The van der Waals surface area contributed by atoms with Gasteiger partial charge in [0, 0.05) is 24.0 Å². The average molecular weight is 249 g/mol. The van der Waals surface area contributed by atoms with Gasteiger partial charge in [0.1, 0.15) is 6.54 Å². The lowest BCUT2D eigenvalue weighted by Gasteiger charge is -1.91. The Morgan fingerprint density at radius 1 is 1.26 bits per heavy atom. The summed E-state index contributed by atoms with van der Waals surface area (Å²) in [6.07, 6.45) is 7.42. The minimum absolute atomic E-state index is 0.828. The van der Waals surface area contributed by atoms with Gasteiger partial charge >= 0.3 is 11.5 Å². The van der Waals surface area contributed by atoms with Crippen molar-refractivity contribution >= 4 is 16.8 Å². The van der Waals surface area contributed by atoms with Gasteiger partial charge in [0.05, 0.1) is 6.20 Å². The highest BCUT2D eigenvalue weighted by atomic mass is 16.3. The third-order valence-corrected chi connectivity index (χ3v) is 3.63. The molecule has 4 aromatic heterocycles. The quantitative estimate of drug-likeness (QED) is 0.393. The summed E-state index contributed by atoms with van der Waals surface area (Å²) in [5.41, 5.74) is 4.91. The normalized spacial score (nSPS) is 13.1. The van der Waals surface area contributed by atoms with E-state index in [2.05, 4.69) is 25.0 Å². The molecular formula is C14H9N4O+. The van der Waals surface area contributed by atoms with Crippen molar-refractivity contribution in [3.8, 4) is 11.5 Å². The van der Waals surface area contributed by atoms with Crippen LogP contribution in [0.4, 0.5) is 0 Å². The van der Waals surface area contributed by atoms with Crippen LogP contribution in [-0.2, 0) is 6.54 Å². The molecule has 5 nitrogen and oxygen atoms in total. The van der Waals surface area contributed by atoms with Crippen LogP contribution < -0.4 is 4.57 Å². The fourth-order valence-corrected chi connectivity index (χ4v) is 2.84. The Morgan fingerprint density at radius 3 is 3.26 bits per heavy atom. The fourth-order valence-electron chi connectivity index (χ4n) is 2.84. The van der Waals surface area contributed by atoms with Gasteiger partial charge in [-0.2, -0.15) is 4.40 Å². The zero-order chi connectivity index (χ0) is 12.4. The highest BCUT2D eigenvalue weighted by Gasteiger charge is 2.33. The summed E-state index contributed by atoms with van der Waals surface area (Å²) in [4.78, 5) is 8.69. The Hall–Kier alpha value is -2.69. The molecule has 0 bridgehead atoms. The highest BCUT2D eigenvalue weighted by molar-refractivity contribution is 5.78. The van der Waals surface area contributed by atoms with Crippen molar-refractivity contribution in [3.05, 3.63) is 48.5 Å². The Bertz CT molecular complexity index is 951. The second-order valence-corrected chi connectivity index (χ2v) is 4.71. The van der Waals surface area contributed by atoms with Gasteiger partial charge in [-0.1, -0.05) is 6.07 Å². The van der Waals surface area contributed by atoms with Crippen LogP contribution in [0.1, 0.15) is 5.56 Å². The number of hydrogen-bond donors (Lipinski definition) is 0. The molecule has 0 radical (unpaired) electrons. The van der Waals surface area contributed by atoms with E-state index in [1.54, 1.807) is 6.20 Å². The predicted octanol–water partition coefficient (Wildman–Crippen LogP) is 1.79. The molecule has 0 amide bonds. The number of imidazole rings is 1. The van der Waals surface area contributed by atoms with Gasteiger partial charge in [-0.25, -0.2) is 9.55 Å². The fraction of sp³-hybridized carbons (Fsp3) is 0.0714. The van der Waals surface area contributed by atoms with Crippen LogP contribution in [0.15, 0.2) is 47.4 Å². The van der Waals surface area contributed by atoms with Crippen LogP contribution in [0.25, 0.3) is 28.3 Å². The highest BCUT2D eigenvalue weighted by Crippen LogP contribution is 2.29. The Balaban J connectivity index is 2.00. The molecule has 4 aromatic rings. The molecule has 0 atom stereocenters. The first-order chi connectivity index (χ1) is 9.42. The Labute approximate surface area is 107 Å². The molecule has 0 saturated carbocycles. The maximum atomic E-state index is 5.84. The van der Waals surface area contributed by atoms with Gasteiger partial charge in [-0.05, 0) is 6.07 Å². The van der Waals surface area contributed by atoms with E-state index in [4.69, 9.17) is 4.42 Å². The molecule has 0 aromatic carbocycles. The largest absolute Gasteiger partial charge is 0.415 e. The Morgan fingerprint density at radius 2 is 2.26 bits per heavy atom. The van der Waals surface area contributed by atoms with Crippen molar-refractivity contribution < 1.29 is 8.98 Å². The smallest absolute Gasteiger partial charge is 0.336 e. The molecular weight excluding hydrogens is 240 g/mol. The van der Waals surface area contributed by atoms with Gasteiger partial charge in [-0.3, -0.25) is 4.98 Å². The van der Waals surface area contributed by atoms with E-state index in [1.165, 1.54) is 5.56 Å². The van der Waals surface area contributed by atoms with Crippen molar-refractivity contribution in [2.24, 2.45) is 0 Å². The van der Waals surface area contributed by atoms with Crippen LogP contribution in [0.2, 0.25) is 0 Å². The van der Waals surface area contributed by atoms with Crippen molar-refractivity contribution in [2.45, 2.75) is 6.54 Å². The molecule has 0 fully saturated rings. The average Bonchev–Trinajstić information content (AvgIpc) is 3.04. The number of hydrogen-bond acceptors (Lipinski definition) is 3. The van der Waals surface area contributed by atoms with Gasteiger partial charge in [0.2, 0.25) is 0 Å². The monoisotopic (exact) mass is 249 g/mol. The van der Waals surface area contributed by atoms with Gasteiger partial charge in [0.15, 0.2) is 23.0 Å². The van der Waals surface area contributed by atoms with E-state index < -0.39 is 0 Å². The molecule has 19 heavy (non-hydrogen) atoms. The minimum Gasteiger partial charge on any atom is -0.415 e. The zero-order valence-electron chi connectivity index (χ0n) is 9.95. The molecule has 5 heteroatoms. The van der Waals surface area contributed by atoms with Gasteiger partial charge < -0.3 is 4.42 Å². The van der Waals surface area contributed by atoms with E-state index in [0.717, 1.165) is 34.9 Å². The second-order valence-electron chi connectivity index (χ2n) is 4.71. The number of rotatable bonds is 0. The molecule has 0 saturated heterocycles. The molecule has 1 aliphatic heterocycles.